The first-order valence-electron chi connectivity index (χ1n) is 6.00. The lowest BCUT2D eigenvalue weighted by atomic mass is 10.1. The zero-order valence-corrected chi connectivity index (χ0v) is 11.9. The first kappa shape index (κ1) is 13.1. The number of hydrogen-bond donors (Lipinski definition) is 1. The van der Waals surface area contributed by atoms with E-state index >= 15 is 0 Å². The van der Waals surface area contributed by atoms with Crippen molar-refractivity contribution in [2.75, 3.05) is 0 Å². The summed E-state index contributed by atoms with van der Waals surface area (Å²) in [5.41, 5.74) is 11.2. The summed E-state index contributed by atoms with van der Waals surface area (Å²) in [4.78, 5) is 0. The molecule has 0 aliphatic heterocycles. The number of nitrogens with zero attached hydrogens (tertiary/aromatic N) is 2. The Balaban J connectivity index is 2.52. The molecule has 1 atom stereocenters. The van der Waals surface area contributed by atoms with Crippen molar-refractivity contribution in [3.8, 4) is 5.69 Å². The summed E-state index contributed by atoms with van der Waals surface area (Å²) < 4.78 is 1.92. The second-order valence-electron chi connectivity index (χ2n) is 4.70. The number of halogens is 1. The smallest absolute Gasteiger partial charge is 0.0663 e. The molecule has 2 N–H and O–H groups in total. The minimum Gasteiger partial charge on any atom is -0.324 e. The molecule has 0 saturated carbocycles. The van der Waals surface area contributed by atoms with Gasteiger partial charge in [-0.2, -0.15) is 5.10 Å². The van der Waals surface area contributed by atoms with E-state index in [1.165, 1.54) is 5.56 Å². The molecule has 0 aliphatic carbocycles. The van der Waals surface area contributed by atoms with E-state index in [2.05, 4.69) is 18.9 Å². The highest BCUT2D eigenvalue weighted by Crippen LogP contribution is 2.25. The monoisotopic (exact) mass is 263 g/mol. The Bertz CT molecular complexity index is 585. The van der Waals surface area contributed by atoms with E-state index in [1.54, 1.807) is 0 Å². The molecule has 1 heterocycles. The van der Waals surface area contributed by atoms with E-state index < -0.39 is 0 Å². The maximum Gasteiger partial charge on any atom is 0.0663 e. The Kier molecular flexibility index (Phi) is 3.46. The van der Waals surface area contributed by atoms with Gasteiger partial charge in [0.15, 0.2) is 0 Å². The second kappa shape index (κ2) is 4.75. The van der Waals surface area contributed by atoms with Gasteiger partial charge in [-0.05, 0) is 51.0 Å². The summed E-state index contributed by atoms with van der Waals surface area (Å²) in [6.07, 6.45) is 0. The Morgan fingerprint density at radius 3 is 2.39 bits per heavy atom. The first-order valence-corrected chi connectivity index (χ1v) is 6.38. The van der Waals surface area contributed by atoms with Crippen molar-refractivity contribution in [3.05, 3.63) is 45.7 Å². The number of nitrogens with two attached hydrogens (primary N) is 1. The molecule has 0 radical (unpaired) electrons. The van der Waals surface area contributed by atoms with Crippen molar-refractivity contribution >= 4 is 11.6 Å². The van der Waals surface area contributed by atoms with Crippen LogP contribution >= 0.6 is 11.6 Å². The van der Waals surface area contributed by atoms with Crippen molar-refractivity contribution in [1.29, 1.82) is 0 Å². The highest BCUT2D eigenvalue weighted by Gasteiger charge is 2.11. The van der Waals surface area contributed by atoms with Crippen LogP contribution in [0.25, 0.3) is 5.69 Å². The van der Waals surface area contributed by atoms with Crippen molar-refractivity contribution in [2.24, 2.45) is 5.73 Å². The van der Waals surface area contributed by atoms with Gasteiger partial charge in [0.05, 0.1) is 11.4 Å². The minimum absolute atomic E-state index is 0.0614. The molecule has 0 saturated heterocycles. The van der Waals surface area contributed by atoms with Crippen LogP contribution in [0.4, 0.5) is 0 Å². The van der Waals surface area contributed by atoms with Crippen molar-refractivity contribution in [1.82, 2.24) is 9.78 Å². The molecule has 18 heavy (non-hydrogen) atoms. The Labute approximate surface area is 113 Å². The van der Waals surface area contributed by atoms with Gasteiger partial charge in [-0.1, -0.05) is 17.7 Å². The Morgan fingerprint density at radius 2 is 1.94 bits per heavy atom. The molecule has 1 aromatic heterocycles. The molecular formula is C14H18ClN3. The molecular weight excluding hydrogens is 246 g/mol. The fraction of sp³-hybridized carbons (Fsp3) is 0.357. The van der Waals surface area contributed by atoms with Gasteiger partial charge in [-0.3, -0.25) is 0 Å². The minimum atomic E-state index is -0.0614. The van der Waals surface area contributed by atoms with Crippen LogP contribution in [0.5, 0.6) is 0 Å². The lowest BCUT2D eigenvalue weighted by molar-refractivity contribution is 0.808. The lowest BCUT2D eigenvalue weighted by Gasteiger charge is -2.11. The van der Waals surface area contributed by atoms with Crippen molar-refractivity contribution in [2.45, 2.75) is 33.7 Å². The molecule has 1 unspecified atom stereocenters. The summed E-state index contributed by atoms with van der Waals surface area (Å²) in [6.45, 7) is 8.07. The van der Waals surface area contributed by atoms with Crippen LogP contribution < -0.4 is 5.73 Å². The van der Waals surface area contributed by atoms with Crippen LogP contribution in [-0.4, -0.2) is 9.78 Å². The predicted octanol–water partition coefficient (Wildman–Crippen LogP) is 3.47. The van der Waals surface area contributed by atoms with Crippen molar-refractivity contribution < 1.29 is 0 Å². The number of rotatable bonds is 2. The SMILES string of the molecule is Cc1nn(-c2ccc(C(C)N)c(Cl)c2)c(C)c1C. The quantitative estimate of drug-likeness (QED) is 0.902. The van der Waals surface area contributed by atoms with Crippen LogP contribution in [0.15, 0.2) is 18.2 Å². The van der Waals surface area contributed by atoms with Gasteiger partial charge < -0.3 is 5.73 Å². The van der Waals surface area contributed by atoms with E-state index in [1.807, 2.05) is 36.7 Å². The average molecular weight is 264 g/mol. The molecule has 2 rings (SSSR count). The van der Waals surface area contributed by atoms with Crippen LogP contribution in [0, 0.1) is 20.8 Å². The third-order valence-electron chi connectivity index (χ3n) is 3.37. The Hall–Kier alpha value is -1.32. The van der Waals surface area contributed by atoms with E-state index in [9.17, 15) is 0 Å². The van der Waals surface area contributed by atoms with Crippen LogP contribution in [0.3, 0.4) is 0 Å². The summed E-state index contributed by atoms with van der Waals surface area (Å²) in [5.74, 6) is 0. The summed E-state index contributed by atoms with van der Waals surface area (Å²) >= 11 is 6.25. The van der Waals surface area contributed by atoms with Gasteiger partial charge in [0.25, 0.3) is 0 Å². The van der Waals surface area contributed by atoms with Crippen molar-refractivity contribution in [3.63, 3.8) is 0 Å². The van der Waals surface area contributed by atoms with Gasteiger partial charge in [0.2, 0.25) is 0 Å². The van der Waals surface area contributed by atoms with Crippen LogP contribution in [-0.2, 0) is 0 Å². The number of benzene rings is 1. The third-order valence-corrected chi connectivity index (χ3v) is 3.70. The summed E-state index contributed by atoms with van der Waals surface area (Å²) in [5, 5.41) is 5.21. The average Bonchev–Trinajstić information content (AvgIpc) is 2.56. The molecule has 0 spiro atoms. The molecule has 4 heteroatoms. The van der Waals surface area contributed by atoms with Gasteiger partial charge in [0.1, 0.15) is 0 Å². The molecule has 0 amide bonds. The number of aryl methyl sites for hydroxylation is 1. The normalized spacial score (nSPS) is 12.8. The second-order valence-corrected chi connectivity index (χ2v) is 5.11. The summed E-state index contributed by atoms with van der Waals surface area (Å²) in [6, 6.07) is 5.82. The maximum absolute atomic E-state index is 6.25. The standard InChI is InChI=1S/C14H18ClN3/c1-8-10(3)17-18(11(8)4)12-5-6-13(9(2)16)14(15)7-12/h5-7,9H,16H2,1-4H3. The summed E-state index contributed by atoms with van der Waals surface area (Å²) in [7, 11) is 0. The lowest BCUT2D eigenvalue weighted by Crippen LogP contribution is -2.07. The highest BCUT2D eigenvalue weighted by atomic mass is 35.5. The topological polar surface area (TPSA) is 43.8 Å². The molecule has 0 bridgehead atoms. The van der Waals surface area contributed by atoms with E-state index in [4.69, 9.17) is 17.3 Å². The predicted molar refractivity (Wildman–Crippen MR) is 75.4 cm³/mol. The van der Waals surface area contributed by atoms with E-state index in [0.717, 1.165) is 22.6 Å². The van der Waals surface area contributed by atoms with Gasteiger partial charge in [0, 0.05) is 16.8 Å². The zero-order valence-electron chi connectivity index (χ0n) is 11.2. The van der Waals surface area contributed by atoms with Crippen LogP contribution in [0.1, 0.15) is 35.5 Å². The third kappa shape index (κ3) is 2.16. The number of aromatic nitrogens is 2. The molecule has 3 nitrogen and oxygen atoms in total. The Morgan fingerprint density at radius 1 is 1.28 bits per heavy atom. The molecule has 2 aromatic rings. The maximum atomic E-state index is 6.25. The molecule has 96 valence electrons. The zero-order chi connectivity index (χ0) is 13.4. The highest BCUT2D eigenvalue weighted by molar-refractivity contribution is 6.31. The largest absolute Gasteiger partial charge is 0.324 e. The molecule has 0 fully saturated rings. The van der Waals surface area contributed by atoms with Crippen LogP contribution in [0.2, 0.25) is 5.02 Å². The van der Waals surface area contributed by atoms with E-state index in [0.29, 0.717) is 5.02 Å². The fourth-order valence-electron chi connectivity index (χ4n) is 1.99. The van der Waals surface area contributed by atoms with Gasteiger partial charge in [-0.15, -0.1) is 0 Å². The first-order chi connectivity index (χ1) is 8.41. The van der Waals surface area contributed by atoms with E-state index in [-0.39, 0.29) is 6.04 Å². The number of hydrogen-bond acceptors (Lipinski definition) is 2. The van der Waals surface area contributed by atoms with Gasteiger partial charge in [-0.25, -0.2) is 4.68 Å². The molecule has 1 aromatic carbocycles. The fourth-order valence-corrected chi connectivity index (χ4v) is 2.34. The molecule has 0 aliphatic rings. The van der Waals surface area contributed by atoms with Gasteiger partial charge >= 0.3 is 0 Å².